The number of hydrogen-bond donors (Lipinski definition) is 1. The molecule has 2 heterocycles. The molecule has 0 aliphatic carbocycles. The Kier molecular flexibility index (Phi) is 5.01. The van der Waals surface area contributed by atoms with Crippen molar-refractivity contribution in [1.82, 2.24) is 14.8 Å². The molecule has 30 heavy (non-hydrogen) atoms. The molecule has 9 nitrogen and oxygen atoms in total. The summed E-state index contributed by atoms with van der Waals surface area (Å²) in [7, 11) is 2.44. The lowest BCUT2D eigenvalue weighted by atomic mass is 10.1. The SMILES string of the molecule is COC(=O)[C@@H]1Nc2ccccc2-c2nc(=O)c(-c3ccccc3)nn2[C@H]1C(=O)OC. The van der Waals surface area contributed by atoms with Gasteiger partial charge in [0.2, 0.25) is 0 Å². The molecule has 0 fully saturated rings. The number of fused-ring (bicyclic) bond motifs is 3. The molecule has 1 aromatic heterocycles. The number of carbonyl (C=O) groups is 2. The fraction of sp³-hybridized carbons (Fsp3) is 0.190. The number of rotatable bonds is 3. The number of methoxy groups -OCH3 is 2. The number of esters is 2. The monoisotopic (exact) mass is 406 g/mol. The first-order valence-electron chi connectivity index (χ1n) is 9.13. The summed E-state index contributed by atoms with van der Waals surface area (Å²) in [6.45, 7) is 0. The van der Waals surface area contributed by atoms with Crippen molar-refractivity contribution < 1.29 is 19.1 Å². The fourth-order valence-electron chi connectivity index (χ4n) is 3.42. The minimum Gasteiger partial charge on any atom is -0.467 e. The van der Waals surface area contributed by atoms with Crippen LogP contribution in [0.4, 0.5) is 5.69 Å². The third-order valence-electron chi connectivity index (χ3n) is 4.84. The van der Waals surface area contributed by atoms with Crippen LogP contribution in [0.2, 0.25) is 0 Å². The van der Waals surface area contributed by atoms with Gasteiger partial charge in [0.25, 0.3) is 5.56 Å². The highest BCUT2D eigenvalue weighted by atomic mass is 16.5. The molecule has 4 rings (SSSR count). The zero-order valence-corrected chi connectivity index (χ0v) is 16.2. The third kappa shape index (κ3) is 3.20. The quantitative estimate of drug-likeness (QED) is 0.654. The lowest BCUT2D eigenvalue weighted by molar-refractivity contribution is -0.152. The number of nitrogens with one attached hydrogen (secondary N) is 1. The average Bonchev–Trinajstić information content (AvgIpc) is 2.92. The maximum atomic E-state index is 12.8. The van der Waals surface area contributed by atoms with Crippen LogP contribution < -0.4 is 10.9 Å². The normalized spacial score (nSPS) is 17.0. The molecule has 1 aliphatic rings. The predicted molar refractivity (Wildman–Crippen MR) is 108 cm³/mol. The number of anilines is 1. The van der Waals surface area contributed by atoms with E-state index in [9.17, 15) is 14.4 Å². The summed E-state index contributed by atoms with van der Waals surface area (Å²) >= 11 is 0. The van der Waals surface area contributed by atoms with Gasteiger partial charge in [-0.25, -0.2) is 14.3 Å². The zero-order valence-electron chi connectivity index (χ0n) is 16.2. The van der Waals surface area contributed by atoms with Crippen LogP contribution >= 0.6 is 0 Å². The molecule has 0 saturated heterocycles. The summed E-state index contributed by atoms with van der Waals surface area (Å²) in [5.74, 6) is -1.27. The Labute approximate surface area is 171 Å². The minimum absolute atomic E-state index is 0.0521. The molecule has 2 aromatic carbocycles. The molecule has 0 bridgehead atoms. The van der Waals surface area contributed by atoms with E-state index in [-0.39, 0.29) is 11.5 Å². The first-order valence-corrected chi connectivity index (χ1v) is 9.13. The van der Waals surface area contributed by atoms with Gasteiger partial charge in [0, 0.05) is 16.8 Å². The van der Waals surface area contributed by atoms with Crippen molar-refractivity contribution in [3.63, 3.8) is 0 Å². The number of nitrogens with zero attached hydrogens (tertiary/aromatic N) is 3. The van der Waals surface area contributed by atoms with E-state index in [0.717, 1.165) is 0 Å². The van der Waals surface area contributed by atoms with Crippen LogP contribution in [0.5, 0.6) is 0 Å². The number of para-hydroxylation sites is 1. The van der Waals surface area contributed by atoms with Gasteiger partial charge < -0.3 is 14.8 Å². The smallest absolute Gasteiger partial charge is 0.333 e. The number of hydrogen-bond acceptors (Lipinski definition) is 8. The van der Waals surface area contributed by atoms with Crippen molar-refractivity contribution in [3.05, 3.63) is 65.0 Å². The van der Waals surface area contributed by atoms with E-state index >= 15 is 0 Å². The molecular weight excluding hydrogens is 388 g/mol. The summed E-state index contributed by atoms with van der Waals surface area (Å²) in [4.78, 5) is 42.4. The van der Waals surface area contributed by atoms with Gasteiger partial charge in [-0.1, -0.05) is 42.5 Å². The van der Waals surface area contributed by atoms with Crippen LogP contribution in [0.3, 0.4) is 0 Å². The third-order valence-corrected chi connectivity index (χ3v) is 4.84. The Morgan fingerprint density at radius 2 is 1.63 bits per heavy atom. The highest BCUT2D eigenvalue weighted by Crippen LogP contribution is 2.34. The minimum atomic E-state index is -1.25. The summed E-state index contributed by atoms with van der Waals surface area (Å²) in [5.41, 5.74) is 1.06. The number of carbonyl (C=O) groups excluding carboxylic acids is 2. The van der Waals surface area contributed by atoms with E-state index in [1.54, 1.807) is 48.5 Å². The first-order chi connectivity index (χ1) is 14.5. The second-order valence-electron chi connectivity index (χ2n) is 6.56. The first kappa shape index (κ1) is 19.3. The molecule has 9 heteroatoms. The van der Waals surface area contributed by atoms with Crippen LogP contribution in [-0.4, -0.2) is 47.0 Å². The van der Waals surface area contributed by atoms with E-state index < -0.39 is 29.6 Å². The predicted octanol–water partition coefficient (Wildman–Crippen LogP) is 1.65. The van der Waals surface area contributed by atoms with Gasteiger partial charge in [0.1, 0.15) is 0 Å². The summed E-state index contributed by atoms with van der Waals surface area (Å²) in [5, 5.41) is 7.48. The van der Waals surface area contributed by atoms with Crippen LogP contribution in [-0.2, 0) is 19.1 Å². The molecule has 2 atom stereocenters. The molecule has 152 valence electrons. The molecular formula is C21H18N4O5. The van der Waals surface area contributed by atoms with Crippen molar-refractivity contribution in [3.8, 4) is 22.6 Å². The maximum absolute atomic E-state index is 12.8. The maximum Gasteiger partial charge on any atom is 0.333 e. The Bertz CT molecular complexity index is 1180. The molecule has 0 amide bonds. The largest absolute Gasteiger partial charge is 0.467 e. The van der Waals surface area contributed by atoms with Gasteiger partial charge in [-0.05, 0) is 12.1 Å². The van der Waals surface area contributed by atoms with Gasteiger partial charge in [0.05, 0.1) is 14.2 Å². The highest BCUT2D eigenvalue weighted by Gasteiger charge is 2.42. The molecule has 1 aliphatic heterocycles. The van der Waals surface area contributed by atoms with Crippen molar-refractivity contribution in [2.24, 2.45) is 0 Å². The van der Waals surface area contributed by atoms with E-state index in [4.69, 9.17) is 9.47 Å². The topological polar surface area (TPSA) is 112 Å². The van der Waals surface area contributed by atoms with Gasteiger partial charge in [-0.2, -0.15) is 10.1 Å². The Morgan fingerprint density at radius 3 is 2.33 bits per heavy atom. The summed E-state index contributed by atoms with van der Waals surface area (Å²) < 4.78 is 11.1. The van der Waals surface area contributed by atoms with E-state index in [1.807, 2.05) is 6.07 Å². The second-order valence-corrected chi connectivity index (χ2v) is 6.56. The zero-order chi connectivity index (χ0) is 21.3. The molecule has 0 unspecified atom stereocenters. The standard InChI is InChI=1S/C21H18N4O5/c1-29-20(27)16-17(21(28)30-2)25-18(13-10-6-7-11-14(13)22-16)23-19(26)15(24-25)12-8-4-3-5-9-12/h3-11,16-17,22H,1-2H3/t16-,17-/m1/s1. The number of ether oxygens (including phenoxy) is 2. The Morgan fingerprint density at radius 1 is 0.967 bits per heavy atom. The second kappa shape index (κ2) is 7.78. The van der Waals surface area contributed by atoms with Crippen molar-refractivity contribution in [1.29, 1.82) is 0 Å². The Hall–Kier alpha value is -4.01. The average molecular weight is 406 g/mol. The van der Waals surface area contributed by atoms with Gasteiger partial charge >= 0.3 is 11.9 Å². The molecule has 0 spiro atoms. The highest BCUT2D eigenvalue weighted by molar-refractivity contribution is 5.91. The summed E-state index contributed by atoms with van der Waals surface area (Å²) in [6, 6.07) is 13.3. The molecule has 0 saturated carbocycles. The van der Waals surface area contributed by atoms with Crippen LogP contribution in [0, 0.1) is 0 Å². The van der Waals surface area contributed by atoms with E-state index in [0.29, 0.717) is 16.8 Å². The van der Waals surface area contributed by atoms with Crippen molar-refractivity contribution in [2.75, 3.05) is 19.5 Å². The van der Waals surface area contributed by atoms with Gasteiger partial charge in [0.15, 0.2) is 23.6 Å². The van der Waals surface area contributed by atoms with Crippen LogP contribution in [0.15, 0.2) is 59.4 Å². The lowest BCUT2D eigenvalue weighted by Gasteiger charge is -2.24. The van der Waals surface area contributed by atoms with E-state index in [1.165, 1.54) is 18.9 Å². The lowest BCUT2D eigenvalue weighted by Crippen LogP contribution is -2.44. The van der Waals surface area contributed by atoms with Crippen molar-refractivity contribution >= 4 is 17.6 Å². The number of benzene rings is 2. The molecule has 3 aromatic rings. The molecule has 0 radical (unpaired) electrons. The molecule has 1 N–H and O–H groups in total. The fourth-order valence-corrected chi connectivity index (χ4v) is 3.42. The van der Waals surface area contributed by atoms with E-state index in [2.05, 4.69) is 15.4 Å². The van der Waals surface area contributed by atoms with Gasteiger partial charge in [-0.3, -0.25) is 4.79 Å². The van der Waals surface area contributed by atoms with Crippen LogP contribution in [0.1, 0.15) is 6.04 Å². The van der Waals surface area contributed by atoms with Crippen molar-refractivity contribution in [2.45, 2.75) is 12.1 Å². The van der Waals surface area contributed by atoms with Crippen LogP contribution in [0.25, 0.3) is 22.6 Å². The summed E-state index contributed by atoms with van der Waals surface area (Å²) in [6.07, 6.45) is 0. The van der Waals surface area contributed by atoms with Gasteiger partial charge in [-0.15, -0.1) is 0 Å². The Balaban J connectivity index is 2.04. The number of aromatic nitrogens is 3.